The molecule has 1 saturated heterocycles. The Bertz CT molecular complexity index is 1010. The molecule has 0 bridgehead atoms. The maximum absolute atomic E-state index is 13.4. The van der Waals surface area contributed by atoms with Gasteiger partial charge in [0.25, 0.3) is 5.91 Å². The number of fused-ring (bicyclic) bond motifs is 1. The van der Waals surface area contributed by atoms with Crippen LogP contribution < -0.4 is 15.4 Å². The summed E-state index contributed by atoms with van der Waals surface area (Å²) in [6.07, 6.45) is 0. The van der Waals surface area contributed by atoms with Gasteiger partial charge in [-0.3, -0.25) is 14.9 Å². The molecule has 8 nitrogen and oxygen atoms in total. The molecule has 0 saturated carbocycles. The lowest BCUT2D eigenvalue weighted by Crippen LogP contribution is -2.54. The normalized spacial score (nSPS) is 20.8. The Kier molecular flexibility index (Phi) is 6.76. The molecule has 1 heterocycles. The van der Waals surface area contributed by atoms with E-state index in [1.165, 1.54) is 18.9 Å². The lowest BCUT2D eigenvalue weighted by molar-refractivity contribution is -0.144. The van der Waals surface area contributed by atoms with Crippen molar-refractivity contribution in [1.29, 1.82) is 0 Å². The molecule has 9 heteroatoms. The molecular formula is C22H26N2O6S. The summed E-state index contributed by atoms with van der Waals surface area (Å²) >= 11 is 1.27. The highest BCUT2D eigenvalue weighted by Crippen LogP contribution is 2.39. The lowest BCUT2D eigenvalue weighted by Gasteiger charge is -2.24. The number of amides is 1. The van der Waals surface area contributed by atoms with E-state index in [0.717, 1.165) is 5.39 Å². The van der Waals surface area contributed by atoms with Gasteiger partial charge in [-0.1, -0.05) is 30.3 Å². The summed E-state index contributed by atoms with van der Waals surface area (Å²) in [6.45, 7) is 5.74. The van der Waals surface area contributed by atoms with Crippen molar-refractivity contribution < 1.29 is 29.0 Å². The molecule has 1 amide bonds. The van der Waals surface area contributed by atoms with E-state index in [1.54, 1.807) is 19.9 Å². The number of carboxylic acids is 1. The van der Waals surface area contributed by atoms with Crippen molar-refractivity contribution in [1.82, 2.24) is 10.6 Å². The van der Waals surface area contributed by atoms with Crippen LogP contribution in [0.4, 0.5) is 0 Å². The molecule has 166 valence electrons. The van der Waals surface area contributed by atoms with Crippen LogP contribution in [0.3, 0.4) is 0 Å². The molecule has 1 aliphatic heterocycles. The van der Waals surface area contributed by atoms with Crippen LogP contribution in [0, 0.1) is 0 Å². The van der Waals surface area contributed by atoms with E-state index >= 15 is 0 Å². The number of carboxylic acid groups (broad SMARTS) is 1. The molecule has 2 aromatic rings. The molecule has 0 aromatic heterocycles. The standard InChI is InChI=1S/C22H26N2O6S/c1-5-30-14-11-10-12-8-6-7-9-13(12)15(14)18(25)23-16(21(28)29-4)19-24-17(20(26)27)22(2,3)31-19/h6-11,16-17,19,24H,5H2,1-4H3,(H,23,25)(H,26,27)/t16-,17-,19+/m0/s1. The zero-order chi connectivity index (χ0) is 22.8. The number of hydrogen-bond donors (Lipinski definition) is 3. The Hall–Kier alpha value is -2.78. The predicted molar refractivity (Wildman–Crippen MR) is 118 cm³/mol. The van der Waals surface area contributed by atoms with Crippen LogP contribution in [0.25, 0.3) is 10.8 Å². The third kappa shape index (κ3) is 4.62. The minimum atomic E-state index is -1.10. The number of nitrogens with one attached hydrogen (secondary N) is 2. The van der Waals surface area contributed by atoms with Crippen LogP contribution in [0.2, 0.25) is 0 Å². The Morgan fingerprint density at radius 3 is 2.55 bits per heavy atom. The highest BCUT2D eigenvalue weighted by Gasteiger charge is 2.49. The molecule has 0 radical (unpaired) electrons. The number of ether oxygens (including phenoxy) is 2. The maximum Gasteiger partial charge on any atom is 0.330 e. The smallest absolute Gasteiger partial charge is 0.330 e. The van der Waals surface area contributed by atoms with Gasteiger partial charge in [0.2, 0.25) is 0 Å². The van der Waals surface area contributed by atoms with Crippen molar-refractivity contribution in [2.45, 2.75) is 43.0 Å². The number of carbonyl (C=O) groups is 3. The number of rotatable bonds is 7. The van der Waals surface area contributed by atoms with Crippen LogP contribution in [0.15, 0.2) is 36.4 Å². The van der Waals surface area contributed by atoms with Crippen molar-refractivity contribution in [2.24, 2.45) is 0 Å². The molecule has 3 N–H and O–H groups in total. The Balaban J connectivity index is 1.97. The first-order valence-electron chi connectivity index (χ1n) is 9.89. The van der Waals surface area contributed by atoms with E-state index in [4.69, 9.17) is 9.47 Å². The van der Waals surface area contributed by atoms with Crippen LogP contribution in [-0.4, -0.2) is 58.9 Å². The number of carbonyl (C=O) groups excluding carboxylic acids is 2. The van der Waals surface area contributed by atoms with Gasteiger partial charge in [0.15, 0.2) is 6.04 Å². The fourth-order valence-electron chi connectivity index (χ4n) is 3.69. The maximum atomic E-state index is 13.4. The Labute approximate surface area is 184 Å². The lowest BCUT2D eigenvalue weighted by atomic mass is 10.0. The van der Waals surface area contributed by atoms with E-state index in [1.807, 2.05) is 37.3 Å². The number of benzene rings is 2. The minimum Gasteiger partial charge on any atom is -0.493 e. The largest absolute Gasteiger partial charge is 0.493 e. The van der Waals surface area contributed by atoms with Gasteiger partial charge in [-0.05, 0) is 37.6 Å². The average Bonchev–Trinajstić information content (AvgIpc) is 3.06. The number of hydrogen-bond acceptors (Lipinski definition) is 7. The fourth-order valence-corrected chi connectivity index (χ4v) is 5.17. The third-order valence-corrected chi connectivity index (χ3v) is 6.67. The summed E-state index contributed by atoms with van der Waals surface area (Å²) in [4.78, 5) is 37.6. The second-order valence-electron chi connectivity index (χ2n) is 7.65. The van der Waals surface area contributed by atoms with Crippen LogP contribution in [-0.2, 0) is 14.3 Å². The summed E-state index contributed by atoms with van der Waals surface area (Å²) in [6, 6.07) is 8.99. The second kappa shape index (κ2) is 9.15. The molecule has 0 spiro atoms. The van der Waals surface area contributed by atoms with E-state index in [2.05, 4.69) is 10.6 Å². The summed E-state index contributed by atoms with van der Waals surface area (Å²) in [5.74, 6) is -1.80. The number of methoxy groups -OCH3 is 1. The number of esters is 1. The van der Waals surface area contributed by atoms with Gasteiger partial charge in [-0.15, -0.1) is 11.8 Å². The molecule has 31 heavy (non-hydrogen) atoms. The fraction of sp³-hybridized carbons (Fsp3) is 0.409. The van der Waals surface area contributed by atoms with Gasteiger partial charge < -0.3 is 19.9 Å². The van der Waals surface area contributed by atoms with E-state index in [-0.39, 0.29) is 0 Å². The Morgan fingerprint density at radius 1 is 1.23 bits per heavy atom. The molecule has 2 aromatic carbocycles. The topological polar surface area (TPSA) is 114 Å². The molecule has 1 aliphatic rings. The van der Waals surface area contributed by atoms with Crippen molar-refractivity contribution in [3.63, 3.8) is 0 Å². The van der Waals surface area contributed by atoms with Crippen molar-refractivity contribution in [2.75, 3.05) is 13.7 Å². The summed E-state index contributed by atoms with van der Waals surface area (Å²) in [7, 11) is 1.23. The highest BCUT2D eigenvalue weighted by molar-refractivity contribution is 8.01. The van der Waals surface area contributed by atoms with Crippen LogP contribution in [0.1, 0.15) is 31.1 Å². The Morgan fingerprint density at radius 2 is 1.94 bits per heavy atom. The zero-order valence-corrected chi connectivity index (χ0v) is 18.6. The monoisotopic (exact) mass is 446 g/mol. The van der Waals surface area contributed by atoms with Gasteiger partial charge >= 0.3 is 11.9 Å². The summed E-state index contributed by atoms with van der Waals surface area (Å²) < 4.78 is 9.88. The number of aliphatic carboxylic acids is 1. The summed E-state index contributed by atoms with van der Waals surface area (Å²) in [5.41, 5.74) is 0.311. The molecule has 0 unspecified atom stereocenters. The molecular weight excluding hydrogens is 420 g/mol. The van der Waals surface area contributed by atoms with Crippen LogP contribution >= 0.6 is 11.8 Å². The molecule has 3 rings (SSSR count). The first kappa shape index (κ1) is 22.9. The minimum absolute atomic E-state index is 0.311. The van der Waals surface area contributed by atoms with Crippen molar-refractivity contribution in [3.05, 3.63) is 42.0 Å². The SMILES string of the molecule is CCOc1ccc2ccccc2c1C(=O)N[C@H](C(=O)OC)[C@@H]1N[C@@H](C(=O)O)C(C)(C)S1. The predicted octanol–water partition coefficient (Wildman–Crippen LogP) is 2.40. The molecule has 0 aliphatic carbocycles. The van der Waals surface area contributed by atoms with Crippen molar-refractivity contribution in [3.8, 4) is 5.75 Å². The highest BCUT2D eigenvalue weighted by atomic mass is 32.2. The first-order chi connectivity index (χ1) is 14.7. The van der Waals surface area contributed by atoms with Gasteiger partial charge in [0.1, 0.15) is 11.8 Å². The first-order valence-corrected chi connectivity index (χ1v) is 10.8. The number of thioether (sulfide) groups is 1. The molecule has 3 atom stereocenters. The second-order valence-corrected chi connectivity index (χ2v) is 9.44. The van der Waals surface area contributed by atoms with Gasteiger partial charge in [-0.25, -0.2) is 4.79 Å². The average molecular weight is 447 g/mol. The van der Waals surface area contributed by atoms with E-state index in [0.29, 0.717) is 23.3 Å². The van der Waals surface area contributed by atoms with Gasteiger partial charge in [0, 0.05) is 4.75 Å². The van der Waals surface area contributed by atoms with Gasteiger partial charge in [-0.2, -0.15) is 0 Å². The zero-order valence-electron chi connectivity index (χ0n) is 17.8. The van der Waals surface area contributed by atoms with Crippen LogP contribution in [0.5, 0.6) is 5.75 Å². The quantitative estimate of drug-likeness (QED) is 0.556. The third-order valence-electron chi connectivity index (χ3n) is 5.17. The van der Waals surface area contributed by atoms with Crippen molar-refractivity contribution >= 4 is 40.4 Å². The van der Waals surface area contributed by atoms with E-state index < -0.39 is 40.1 Å². The molecule has 1 fully saturated rings. The van der Waals surface area contributed by atoms with Gasteiger partial charge in [0.05, 0.1) is 24.7 Å². The van der Waals surface area contributed by atoms with E-state index in [9.17, 15) is 19.5 Å². The summed E-state index contributed by atoms with van der Waals surface area (Å²) in [5, 5.41) is 16.1.